The number of halogens is 1. The maximum absolute atomic E-state index is 13.5. The van der Waals surface area contributed by atoms with Crippen molar-refractivity contribution in [3.05, 3.63) is 59.4 Å². The van der Waals surface area contributed by atoms with E-state index in [-0.39, 0.29) is 17.2 Å². The first-order valence-electron chi connectivity index (χ1n) is 6.38. The zero-order chi connectivity index (χ0) is 15.2. The van der Waals surface area contributed by atoms with Crippen molar-refractivity contribution in [1.29, 1.82) is 0 Å². The second kappa shape index (κ2) is 6.74. The van der Waals surface area contributed by atoms with E-state index in [1.165, 1.54) is 19.2 Å². The standard InChI is InChI=1S/C16H16FNO3/c1-20-13-6-3-11(4-7-13)10-18-16(19)12-5-8-15(21-2)14(17)9-12/h3-9H,10H2,1-2H3,(H,18,19). The van der Waals surface area contributed by atoms with Gasteiger partial charge in [-0.2, -0.15) is 0 Å². The van der Waals surface area contributed by atoms with E-state index in [2.05, 4.69) is 5.32 Å². The summed E-state index contributed by atoms with van der Waals surface area (Å²) in [7, 11) is 2.97. The first kappa shape index (κ1) is 14.8. The highest BCUT2D eigenvalue weighted by atomic mass is 19.1. The Hall–Kier alpha value is -2.56. The highest BCUT2D eigenvalue weighted by molar-refractivity contribution is 5.94. The number of amides is 1. The smallest absolute Gasteiger partial charge is 0.251 e. The van der Waals surface area contributed by atoms with Gasteiger partial charge in [-0.3, -0.25) is 4.79 Å². The molecule has 4 nitrogen and oxygen atoms in total. The van der Waals surface area contributed by atoms with E-state index in [9.17, 15) is 9.18 Å². The number of carbonyl (C=O) groups is 1. The van der Waals surface area contributed by atoms with Crippen LogP contribution in [0.15, 0.2) is 42.5 Å². The monoisotopic (exact) mass is 289 g/mol. The summed E-state index contributed by atoms with van der Waals surface area (Å²) in [6, 6.07) is 11.4. The lowest BCUT2D eigenvalue weighted by atomic mass is 10.1. The molecule has 0 radical (unpaired) electrons. The van der Waals surface area contributed by atoms with Crippen molar-refractivity contribution >= 4 is 5.91 Å². The van der Waals surface area contributed by atoms with E-state index >= 15 is 0 Å². The van der Waals surface area contributed by atoms with Crippen molar-refractivity contribution in [1.82, 2.24) is 5.32 Å². The summed E-state index contributed by atoms with van der Waals surface area (Å²) in [5.74, 6) is -0.0361. The molecule has 0 aliphatic heterocycles. The molecule has 0 unspecified atom stereocenters. The van der Waals surface area contributed by atoms with Crippen LogP contribution in [-0.2, 0) is 6.54 Å². The van der Waals surface area contributed by atoms with Crippen molar-refractivity contribution in [3.8, 4) is 11.5 Å². The third-order valence-electron chi connectivity index (χ3n) is 3.03. The summed E-state index contributed by atoms with van der Waals surface area (Å²) in [6.07, 6.45) is 0. The number of nitrogens with one attached hydrogen (secondary N) is 1. The number of carbonyl (C=O) groups excluding carboxylic acids is 1. The Kier molecular flexibility index (Phi) is 4.77. The Morgan fingerprint density at radius 2 is 1.81 bits per heavy atom. The lowest BCUT2D eigenvalue weighted by Crippen LogP contribution is -2.22. The van der Waals surface area contributed by atoms with Gasteiger partial charge in [0.1, 0.15) is 5.75 Å². The maximum atomic E-state index is 13.5. The molecule has 1 amide bonds. The number of hydrogen-bond acceptors (Lipinski definition) is 3. The van der Waals surface area contributed by atoms with Crippen LogP contribution in [0.5, 0.6) is 11.5 Å². The zero-order valence-electron chi connectivity index (χ0n) is 11.9. The largest absolute Gasteiger partial charge is 0.497 e. The molecule has 0 fully saturated rings. The minimum Gasteiger partial charge on any atom is -0.497 e. The van der Waals surface area contributed by atoms with Crippen LogP contribution in [0.1, 0.15) is 15.9 Å². The molecule has 2 rings (SSSR count). The van der Waals surface area contributed by atoms with Gasteiger partial charge in [0.2, 0.25) is 0 Å². The van der Waals surface area contributed by atoms with Crippen LogP contribution in [0, 0.1) is 5.82 Å². The van der Waals surface area contributed by atoms with E-state index in [1.807, 2.05) is 24.3 Å². The first-order valence-corrected chi connectivity index (χ1v) is 6.38. The molecule has 0 atom stereocenters. The van der Waals surface area contributed by atoms with Crippen LogP contribution in [-0.4, -0.2) is 20.1 Å². The lowest BCUT2D eigenvalue weighted by molar-refractivity contribution is 0.0950. The van der Waals surface area contributed by atoms with Crippen LogP contribution >= 0.6 is 0 Å². The second-order valence-corrected chi connectivity index (χ2v) is 4.38. The quantitative estimate of drug-likeness (QED) is 0.920. The summed E-state index contributed by atoms with van der Waals surface area (Å²) >= 11 is 0. The fourth-order valence-electron chi connectivity index (χ4n) is 1.84. The van der Waals surface area contributed by atoms with Crippen molar-refractivity contribution in [2.24, 2.45) is 0 Å². The van der Waals surface area contributed by atoms with Gasteiger partial charge in [0.15, 0.2) is 11.6 Å². The molecule has 0 heterocycles. The van der Waals surface area contributed by atoms with Crippen LogP contribution in [0.2, 0.25) is 0 Å². The van der Waals surface area contributed by atoms with Gasteiger partial charge in [0.05, 0.1) is 14.2 Å². The molecular formula is C16H16FNO3. The highest BCUT2D eigenvalue weighted by Crippen LogP contribution is 2.17. The zero-order valence-corrected chi connectivity index (χ0v) is 11.9. The number of hydrogen-bond donors (Lipinski definition) is 1. The van der Waals surface area contributed by atoms with Gasteiger partial charge in [-0.1, -0.05) is 12.1 Å². The van der Waals surface area contributed by atoms with Gasteiger partial charge in [0, 0.05) is 12.1 Å². The molecular weight excluding hydrogens is 273 g/mol. The Morgan fingerprint density at radius 1 is 1.10 bits per heavy atom. The van der Waals surface area contributed by atoms with Crippen molar-refractivity contribution in [2.75, 3.05) is 14.2 Å². The van der Waals surface area contributed by atoms with E-state index < -0.39 is 5.82 Å². The summed E-state index contributed by atoms with van der Waals surface area (Å²) in [5.41, 5.74) is 1.18. The van der Waals surface area contributed by atoms with Crippen LogP contribution < -0.4 is 14.8 Å². The highest BCUT2D eigenvalue weighted by Gasteiger charge is 2.09. The molecule has 1 N–H and O–H groups in total. The molecule has 0 saturated heterocycles. The molecule has 0 aromatic heterocycles. The molecule has 0 aliphatic carbocycles. The van der Waals surface area contributed by atoms with Gasteiger partial charge in [-0.25, -0.2) is 4.39 Å². The number of ether oxygens (including phenoxy) is 2. The van der Waals surface area contributed by atoms with Gasteiger partial charge < -0.3 is 14.8 Å². The maximum Gasteiger partial charge on any atom is 0.251 e. The first-order chi connectivity index (χ1) is 10.1. The van der Waals surface area contributed by atoms with Gasteiger partial charge in [0.25, 0.3) is 5.91 Å². The van der Waals surface area contributed by atoms with Crippen molar-refractivity contribution < 1.29 is 18.7 Å². The Labute approximate surface area is 122 Å². The fourth-order valence-corrected chi connectivity index (χ4v) is 1.84. The normalized spacial score (nSPS) is 10.0. The molecule has 0 saturated carbocycles. The third-order valence-corrected chi connectivity index (χ3v) is 3.03. The molecule has 0 aliphatic rings. The average molecular weight is 289 g/mol. The number of rotatable bonds is 5. The minimum atomic E-state index is -0.561. The van der Waals surface area contributed by atoms with Crippen LogP contribution in [0.4, 0.5) is 4.39 Å². The Balaban J connectivity index is 1.99. The summed E-state index contributed by atoms with van der Waals surface area (Å²) in [5, 5.41) is 2.73. The Morgan fingerprint density at radius 3 is 2.38 bits per heavy atom. The van der Waals surface area contributed by atoms with Crippen LogP contribution in [0.3, 0.4) is 0 Å². The summed E-state index contributed by atoms with van der Waals surface area (Å²) in [6.45, 7) is 0.358. The molecule has 2 aromatic rings. The van der Waals surface area contributed by atoms with Crippen molar-refractivity contribution in [2.45, 2.75) is 6.54 Å². The predicted octanol–water partition coefficient (Wildman–Crippen LogP) is 2.77. The average Bonchev–Trinajstić information content (AvgIpc) is 2.53. The Bertz CT molecular complexity index is 626. The van der Waals surface area contributed by atoms with Crippen LogP contribution in [0.25, 0.3) is 0 Å². The van der Waals surface area contributed by atoms with E-state index in [0.717, 1.165) is 17.4 Å². The molecule has 0 bridgehead atoms. The van der Waals surface area contributed by atoms with E-state index in [1.54, 1.807) is 7.11 Å². The van der Waals surface area contributed by atoms with E-state index in [4.69, 9.17) is 9.47 Å². The summed E-state index contributed by atoms with van der Waals surface area (Å²) < 4.78 is 23.4. The van der Waals surface area contributed by atoms with Crippen molar-refractivity contribution in [3.63, 3.8) is 0 Å². The topological polar surface area (TPSA) is 47.6 Å². The minimum absolute atomic E-state index is 0.113. The summed E-state index contributed by atoms with van der Waals surface area (Å²) in [4.78, 5) is 11.9. The van der Waals surface area contributed by atoms with Gasteiger partial charge >= 0.3 is 0 Å². The molecule has 0 spiro atoms. The number of benzene rings is 2. The lowest BCUT2D eigenvalue weighted by Gasteiger charge is -2.08. The molecule has 2 aromatic carbocycles. The molecule has 5 heteroatoms. The second-order valence-electron chi connectivity index (χ2n) is 4.38. The van der Waals surface area contributed by atoms with Gasteiger partial charge in [-0.05, 0) is 35.9 Å². The van der Waals surface area contributed by atoms with Gasteiger partial charge in [-0.15, -0.1) is 0 Å². The fraction of sp³-hybridized carbons (Fsp3) is 0.188. The third kappa shape index (κ3) is 3.72. The SMILES string of the molecule is COc1ccc(CNC(=O)c2ccc(OC)c(F)c2)cc1. The number of methoxy groups -OCH3 is 2. The molecule has 110 valence electrons. The van der Waals surface area contributed by atoms with E-state index in [0.29, 0.717) is 6.54 Å². The molecule has 21 heavy (non-hydrogen) atoms. The predicted molar refractivity (Wildman–Crippen MR) is 77.1 cm³/mol.